The van der Waals surface area contributed by atoms with Gasteiger partial charge in [0.2, 0.25) is 10.0 Å². The minimum atomic E-state index is -3.88. The summed E-state index contributed by atoms with van der Waals surface area (Å²) in [5.74, 6) is -2.54. The van der Waals surface area contributed by atoms with Gasteiger partial charge < -0.3 is 14.4 Å². The molecular weight excluding hydrogens is 312 g/mol. The fraction of sp³-hybridized carbons (Fsp3) is 0.538. The summed E-state index contributed by atoms with van der Waals surface area (Å²) in [5.41, 5.74) is 0.111. The molecule has 1 aromatic rings. The molecule has 0 saturated heterocycles. The van der Waals surface area contributed by atoms with Crippen LogP contribution in [-0.2, 0) is 26.6 Å². The summed E-state index contributed by atoms with van der Waals surface area (Å²) in [6.45, 7) is 3.09. The van der Waals surface area contributed by atoms with E-state index in [9.17, 15) is 18.0 Å². The number of carboxylic acids is 1. The minimum absolute atomic E-state index is 0.0851. The van der Waals surface area contributed by atoms with Crippen molar-refractivity contribution in [2.75, 3.05) is 20.2 Å². The summed E-state index contributed by atoms with van der Waals surface area (Å²) in [6.07, 6.45) is 1.30. The Labute approximate surface area is 129 Å². The number of carboxylic acid groups (broad SMARTS) is 1. The van der Waals surface area contributed by atoms with E-state index in [2.05, 4.69) is 0 Å². The number of esters is 1. The zero-order chi connectivity index (χ0) is 17.1. The lowest BCUT2D eigenvalue weighted by atomic mass is 10.2. The smallest absolute Gasteiger partial charge is 0.354 e. The number of aliphatic carboxylic acids is 1. The Hall–Kier alpha value is -1.87. The molecule has 0 aliphatic carbocycles. The van der Waals surface area contributed by atoms with Gasteiger partial charge in [0, 0.05) is 26.8 Å². The fourth-order valence-corrected chi connectivity index (χ4v) is 3.16. The normalized spacial score (nSPS) is 13.1. The molecule has 0 bridgehead atoms. The maximum Gasteiger partial charge on any atom is 0.354 e. The van der Waals surface area contributed by atoms with Crippen LogP contribution in [0.4, 0.5) is 0 Å². The molecule has 1 N–H and O–H groups in total. The Kier molecular flexibility index (Phi) is 5.72. The Bertz CT molecular complexity index is 664. The van der Waals surface area contributed by atoms with Crippen LogP contribution in [-0.4, -0.2) is 54.5 Å². The van der Waals surface area contributed by atoms with E-state index in [1.807, 2.05) is 0 Å². The maximum atomic E-state index is 12.4. The van der Waals surface area contributed by atoms with E-state index in [0.29, 0.717) is 0 Å². The predicted molar refractivity (Wildman–Crippen MR) is 78.0 cm³/mol. The van der Waals surface area contributed by atoms with Crippen molar-refractivity contribution in [3.8, 4) is 0 Å². The molecule has 1 rings (SSSR count). The van der Waals surface area contributed by atoms with Crippen molar-refractivity contribution >= 4 is 22.0 Å². The molecule has 0 amide bonds. The van der Waals surface area contributed by atoms with Crippen molar-refractivity contribution in [2.45, 2.75) is 18.7 Å². The van der Waals surface area contributed by atoms with Crippen molar-refractivity contribution in [1.29, 1.82) is 0 Å². The Morgan fingerprint density at radius 2 is 2.05 bits per heavy atom. The standard InChI is InChI=1S/C13H20N2O6S/c1-5-21-13(18)11-6-10(8-14(11)3)22(19,20)15(4)7-9(2)12(16)17/h6,8-9H,5,7H2,1-4H3,(H,16,17). The van der Waals surface area contributed by atoms with E-state index < -0.39 is 27.9 Å². The SMILES string of the molecule is CCOC(=O)c1cc(S(=O)(=O)N(C)CC(C)C(=O)O)cn1C. The van der Waals surface area contributed by atoms with Crippen molar-refractivity contribution in [3.63, 3.8) is 0 Å². The lowest BCUT2D eigenvalue weighted by Crippen LogP contribution is -2.33. The third kappa shape index (κ3) is 3.86. The van der Waals surface area contributed by atoms with Crippen LogP contribution >= 0.6 is 0 Å². The minimum Gasteiger partial charge on any atom is -0.481 e. The first-order valence-corrected chi connectivity index (χ1v) is 8.07. The summed E-state index contributed by atoms with van der Waals surface area (Å²) in [5, 5.41) is 8.86. The monoisotopic (exact) mass is 332 g/mol. The number of aromatic nitrogens is 1. The van der Waals surface area contributed by atoms with E-state index in [1.165, 1.54) is 37.8 Å². The molecular formula is C13H20N2O6S. The molecule has 1 atom stereocenters. The molecule has 1 heterocycles. The van der Waals surface area contributed by atoms with Crippen molar-refractivity contribution in [2.24, 2.45) is 13.0 Å². The molecule has 0 aliphatic rings. The quantitative estimate of drug-likeness (QED) is 0.731. The van der Waals surface area contributed by atoms with Gasteiger partial charge in [0.1, 0.15) is 10.6 Å². The van der Waals surface area contributed by atoms with Gasteiger partial charge in [-0.1, -0.05) is 6.92 Å². The molecule has 22 heavy (non-hydrogen) atoms. The number of hydrogen-bond donors (Lipinski definition) is 1. The molecule has 124 valence electrons. The first-order valence-electron chi connectivity index (χ1n) is 6.63. The molecule has 0 fully saturated rings. The average Bonchev–Trinajstić information content (AvgIpc) is 2.81. The number of nitrogens with zero attached hydrogens (tertiary/aromatic N) is 2. The first-order chi connectivity index (χ1) is 10.1. The Morgan fingerprint density at radius 3 is 2.55 bits per heavy atom. The van der Waals surface area contributed by atoms with Gasteiger partial charge in [-0.15, -0.1) is 0 Å². The Balaban J connectivity index is 3.06. The van der Waals surface area contributed by atoms with Crippen LogP contribution in [0.5, 0.6) is 0 Å². The van der Waals surface area contributed by atoms with E-state index in [4.69, 9.17) is 9.84 Å². The number of carbonyl (C=O) groups is 2. The molecule has 0 saturated carbocycles. The van der Waals surface area contributed by atoms with Crippen LogP contribution in [0.25, 0.3) is 0 Å². The number of aryl methyl sites for hydroxylation is 1. The molecule has 0 spiro atoms. The van der Waals surface area contributed by atoms with Crippen LogP contribution in [0, 0.1) is 5.92 Å². The van der Waals surface area contributed by atoms with Crippen LogP contribution < -0.4 is 0 Å². The molecule has 1 aromatic heterocycles. The number of carbonyl (C=O) groups excluding carboxylic acids is 1. The predicted octanol–water partition coefficient (Wildman–Crippen LogP) is 0.543. The first kappa shape index (κ1) is 18.2. The third-order valence-corrected chi connectivity index (χ3v) is 4.91. The molecule has 9 heteroatoms. The summed E-state index contributed by atoms with van der Waals surface area (Å²) in [4.78, 5) is 22.5. The molecule has 0 radical (unpaired) electrons. The molecule has 0 aliphatic heterocycles. The lowest BCUT2D eigenvalue weighted by Gasteiger charge is -2.18. The Morgan fingerprint density at radius 1 is 1.45 bits per heavy atom. The third-order valence-electron chi connectivity index (χ3n) is 3.13. The van der Waals surface area contributed by atoms with Crippen molar-refractivity contribution < 1.29 is 27.9 Å². The average molecular weight is 332 g/mol. The second-order valence-electron chi connectivity index (χ2n) is 4.92. The van der Waals surface area contributed by atoms with Crippen LogP contribution in [0.3, 0.4) is 0 Å². The highest BCUT2D eigenvalue weighted by molar-refractivity contribution is 7.89. The second-order valence-corrected chi connectivity index (χ2v) is 6.96. The number of rotatable bonds is 7. The van der Waals surface area contributed by atoms with Gasteiger partial charge in [0.05, 0.1) is 12.5 Å². The fourth-order valence-electron chi connectivity index (χ4n) is 1.83. The molecule has 0 aromatic carbocycles. The highest BCUT2D eigenvalue weighted by atomic mass is 32.2. The summed E-state index contributed by atoms with van der Waals surface area (Å²) in [6, 6.07) is 1.22. The van der Waals surface area contributed by atoms with E-state index in [-0.39, 0.29) is 23.7 Å². The number of hydrogen-bond acceptors (Lipinski definition) is 5. The lowest BCUT2D eigenvalue weighted by molar-refractivity contribution is -0.141. The van der Waals surface area contributed by atoms with Crippen molar-refractivity contribution in [3.05, 3.63) is 18.0 Å². The number of ether oxygens (including phenoxy) is 1. The molecule has 1 unspecified atom stereocenters. The second kappa shape index (κ2) is 6.93. The molecule has 8 nitrogen and oxygen atoms in total. The summed E-state index contributed by atoms with van der Waals surface area (Å²) < 4.78 is 32.0. The summed E-state index contributed by atoms with van der Waals surface area (Å²) in [7, 11) is -1.05. The number of sulfonamides is 1. The highest BCUT2D eigenvalue weighted by Crippen LogP contribution is 2.19. The van der Waals surface area contributed by atoms with Crippen molar-refractivity contribution in [1.82, 2.24) is 8.87 Å². The van der Waals surface area contributed by atoms with Crippen LogP contribution in [0.15, 0.2) is 17.2 Å². The van der Waals surface area contributed by atoms with Crippen LogP contribution in [0.1, 0.15) is 24.3 Å². The highest BCUT2D eigenvalue weighted by Gasteiger charge is 2.27. The zero-order valence-electron chi connectivity index (χ0n) is 12.9. The maximum absolute atomic E-state index is 12.4. The van der Waals surface area contributed by atoms with Gasteiger partial charge in [0.15, 0.2) is 0 Å². The summed E-state index contributed by atoms with van der Waals surface area (Å²) >= 11 is 0. The van der Waals surface area contributed by atoms with Gasteiger partial charge in [-0.05, 0) is 13.0 Å². The van der Waals surface area contributed by atoms with Gasteiger partial charge >= 0.3 is 11.9 Å². The van der Waals surface area contributed by atoms with E-state index in [1.54, 1.807) is 6.92 Å². The topological polar surface area (TPSA) is 106 Å². The van der Waals surface area contributed by atoms with Gasteiger partial charge in [-0.2, -0.15) is 0 Å². The van der Waals surface area contributed by atoms with E-state index in [0.717, 1.165) is 4.31 Å². The van der Waals surface area contributed by atoms with Gasteiger partial charge in [0.25, 0.3) is 0 Å². The largest absolute Gasteiger partial charge is 0.481 e. The van der Waals surface area contributed by atoms with Gasteiger partial charge in [-0.25, -0.2) is 17.5 Å². The zero-order valence-corrected chi connectivity index (χ0v) is 13.8. The van der Waals surface area contributed by atoms with E-state index >= 15 is 0 Å². The van der Waals surface area contributed by atoms with Crippen LogP contribution in [0.2, 0.25) is 0 Å². The van der Waals surface area contributed by atoms with Gasteiger partial charge in [-0.3, -0.25) is 4.79 Å².